The summed E-state index contributed by atoms with van der Waals surface area (Å²) < 4.78 is 22.8. The van der Waals surface area contributed by atoms with E-state index in [1.54, 1.807) is 12.1 Å². The van der Waals surface area contributed by atoms with Gasteiger partial charge in [0.25, 0.3) is 0 Å². The second kappa shape index (κ2) is 9.45. The molecule has 1 aliphatic rings. The summed E-state index contributed by atoms with van der Waals surface area (Å²) in [5, 5.41) is 18.3. The number of hydrogen-bond acceptors (Lipinski definition) is 6. The van der Waals surface area contributed by atoms with Gasteiger partial charge in [0.15, 0.2) is 0 Å². The SMILES string of the molecule is Cc1ccccc1CN1CCc2c(sc(NC(=O)Cc3ccc(S(N)(=O)=O)cc3)c2C#N)C1. The average molecular weight is 481 g/mol. The molecule has 0 bridgehead atoms. The lowest BCUT2D eigenvalue weighted by atomic mass is 10.0. The predicted octanol–water partition coefficient (Wildman–Crippen LogP) is 3.32. The molecular formula is C24H24N4O3S2. The fourth-order valence-corrected chi connectivity index (χ4v) is 5.75. The lowest BCUT2D eigenvalue weighted by Gasteiger charge is -2.27. The maximum absolute atomic E-state index is 12.6. The predicted molar refractivity (Wildman–Crippen MR) is 128 cm³/mol. The van der Waals surface area contributed by atoms with Gasteiger partial charge in [-0.3, -0.25) is 9.69 Å². The quantitative estimate of drug-likeness (QED) is 0.561. The lowest BCUT2D eigenvalue weighted by Crippen LogP contribution is -2.29. The van der Waals surface area contributed by atoms with Gasteiger partial charge < -0.3 is 5.32 Å². The van der Waals surface area contributed by atoms with Crippen molar-refractivity contribution >= 4 is 32.3 Å². The molecule has 170 valence electrons. The molecule has 0 atom stereocenters. The fourth-order valence-electron chi connectivity index (χ4n) is 3.98. The molecule has 2 heterocycles. The van der Waals surface area contributed by atoms with E-state index in [-0.39, 0.29) is 17.2 Å². The monoisotopic (exact) mass is 480 g/mol. The summed E-state index contributed by atoms with van der Waals surface area (Å²) in [6, 6.07) is 16.5. The van der Waals surface area contributed by atoms with Gasteiger partial charge >= 0.3 is 0 Å². The molecule has 2 aromatic carbocycles. The van der Waals surface area contributed by atoms with Crippen LogP contribution in [0.5, 0.6) is 0 Å². The molecule has 0 radical (unpaired) electrons. The number of aryl methyl sites for hydroxylation is 1. The summed E-state index contributed by atoms with van der Waals surface area (Å²) >= 11 is 1.46. The number of amides is 1. The highest BCUT2D eigenvalue weighted by molar-refractivity contribution is 7.89. The Morgan fingerprint density at radius 2 is 1.94 bits per heavy atom. The minimum absolute atomic E-state index is 0.000363. The molecule has 3 aromatic rings. The van der Waals surface area contributed by atoms with Crippen molar-refractivity contribution in [2.75, 3.05) is 11.9 Å². The van der Waals surface area contributed by atoms with Gasteiger partial charge in [-0.1, -0.05) is 36.4 Å². The number of sulfonamides is 1. The van der Waals surface area contributed by atoms with Crippen LogP contribution < -0.4 is 10.5 Å². The van der Waals surface area contributed by atoms with Crippen LogP contribution in [0.2, 0.25) is 0 Å². The molecular weight excluding hydrogens is 456 g/mol. The third-order valence-corrected chi connectivity index (χ3v) is 7.83. The number of carbonyl (C=O) groups excluding carboxylic acids is 1. The van der Waals surface area contributed by atoms with Crippen molar-refractivity contribution in [3.8, 4) is 6.07 Å². The third kappa shape index (κ3) is 5.31. The molecule has 33 heavy (non-hydrogen) atoms. The van der Waals surface area contributed by atoms with Crippen LogP contribution in [0.25, 0.3) is 0 Å². The zero-order valence-electron chi connectivity index (χ0n) is 18.2. The maximum Gasteiger partial charge on any atom is 0.238 e. The van der Waals surface area contributed by atoms with Crippen LogP contribution in [0.1, 0.15) is 32.7 Å². The van der Waals surface area contributed by atoms with Gasteiger partial charge in [-0.2, -0.15) is 5.26 Å². The number of carbonyl (C=O) groups is 1. The first-order chi connectivity index (χ1) is 15.7. The van der Waals surface area contributed by atoms with Crippen LogP contribution in [0.15, 0.2) is 53.4 Å². The number of hydrogen-bond donors (Lipinski definition) is 2. The highest BCUT2D eigenvalue weighted by atomic mass is 32.2. The van der Waals surface area contributed by atoms with Gasteiger partial charge in [-0.15, -0.1) is 11.3 Å². The Balaban J connectivity index is 1.45. The first-order valence-corrected chi connectivity index (χ1v) is 12.8. The fraction of sp³-hybridized carbons (Fsp3) is 0.250. The van der Waals surface area contributed by atoms with Crippen molar-refractivity contribution in [3.63, 3.8) is 0 Å². The van der Waals surface area contributed by atoms with Crippen molar-refractivity contribution in [1.29, 1.82) is 5.26 Å². The van der Waals surface area contributed by atoms with Crippen LogP contribution in [0.4, 0.5) is 5.00 Å². The van der Waals surface area contributed by atoms with Gasteiger partial charge in [0, 0.05) is 24.5 Å². The van der Waals surface area contributed by atoms with E-state index in [4.69, 9.17) is 5.14 Å². The molecule has 0 fully saturated rings. The number of nitrogens with zero attached hydrogens (tertiary/aromatic N) is 2. The Bertz CT molecular complexity index is 1340. The molecule has 1 amide bonds. The van der Waals surface area contributed by atoms with Crippen molar-refractivity contribution in [1.82, 2.24) is 4.90 Å². The standard InChI is InChI=1S/C24H24N4O3S2/c1-16-4-2-3-5-18(16)14-28-11-10-20-21(13-25)24(32-22(20)15-28)27-23(29)12-17-6-8-19(9-7-17)33(26,30)31/h2-9H,10-12,14-15H2,1H3,(H,27,29)(H2,26,30,31). The summed E-state index contributed by atoms with van der Waals surface area (Å²) in [6.45, 7) is 4.56. The van der Waals surface area contributed by atoms with Gasteiger partial charge in [0.2, 0.25) is 15.9 Å². The van der Waals surface area contributed by atoms with E-state index in [0.29, 0.717) is 16.1 Å². The van der Waals surface area contributed by atoms with Crippen molar-refractivity contribution in [3.05, 3.63) is 81.2 Å². The smallest absolute Gasteiger partial charge is 0.238 e. The number of nitriles is 1. The summed E-state index contributed by atoms with van der Waals surface area (Å²) in [5.41, 5.74) is 4.78. The molecule has 1 aliphatic heterocycles. The van der Waals surface area contributed by atoms with Crippen LogP contribution in [0, 0.1) is 18.3 Å². The highest BCUT2D eigenvalue weighted by Gasteiger charge is 2.25. The normalized spacial score (nSPS) is 13.8. The van der Waals surface area contributed by atoms with Crippen molar-refractivity contribution < 1.29 is 13.2 Å². The molecule has 0 aliphatic carbocycles. The van der Waals surface area contributed by atoms with Crippen LogP contribution in [-0.4, -0.2) is 25.8 Å². The zero-order chi connectivity index (χ0) is 23.6. The lowest BCUT2D eigenvalue weighted by molar-refractivity contribution is -0.115. The topological polar surface area (TPSA) is 116 Å². The number of anilines is 1. The molecule has 1 aromatic heterocycles. The minimum atomic E-state index is -3.77. The number of primary sulfonamides is 1. The average Bonchev–Trinajstić information content (AvgIpc) is 3.11. The molecule has 4 rings (SSSR count). The Kier molecular flexibility index (Phi) is 6.63. The first-order valence-electron chi connectivity index (χ1n) is 10.5. The number of fused-ring (bicyclic) bond motifs is 1. The molecule has 0 saturated heterocycles. The van der Waals surface area contributed by atoms with Crippen LogP contribution >= 0.6 is 11.3 Å². The Morgan fingerprint density at radius 1 is 1.21 bits per heavy atom. The van der Waals surface area contributed by atoms with E-state index in [9.17, 15) is 18.5 Å². The van der Waals surface area contributed by atoms with Gasteiger partial charge in [-0.25, -0.2) is 13.6 Å². The number of rotatable bonds is 6. The summed E-state index contributed by atoms with van der Waals surface area (Å²) in [4.78, 5) is 16.1. The Hall–Kier alpha value is -3.03. The second-order valence-electron chi connectivity index (χ2n) is 8.12. The van der Waals surface area contributed by atoms with Crippen molar-refractivity contribution in [2.24, 2.45) is 5.14 Å². The molecule has 7 nitrogen and oxygen atoms in total. The van der Waals surface area contributed by atoms with E-state index in [1.165, 1.54) is 34.6 Å². The van der Waals surface area contributed by atoms with Crippen LogP contribution in [0.3, 0.4) is 0 Å². The molecule has 9 heteroatoms. The van der Waals surface area contributed by atoms with Crippen molar-refractivity contribution in [2.45, 2.75) is 37.8 Å². The van der Waals surface area contributed by atoms with E-state index < -0.39 is 10.0 Å². The number of nitrogens with two attached hydrogens (primary N) is 1. The summed E-state index contributed by atoms with van der Waals surface area (Å²) in [5.74, 6) is -0.259. The minimum Gasteiger partial charge on any atom is -0.316 e. The second-order valence-corrected chi connectivity index (χ2v) is 10.8. The molecule has 3 N–H and O–H groups in total. The maximum atomic E-state index is 12.6. The molecule has 0 unspecified atom stereocenters. The Labute approximate surface area is 197 Å². The van der Waals surface area contributed by atoms with Gasteiger partial charge in [-0.05, 0) is 47.7 Å². The number of thiophene rings is 1. The largest absolute Gasteiger partial charge is 0.316 e. The Morgan fingerprint density at radius 3 is 2.61 bits per heavy atom. The zero-order valence-corrected chi connectivity index (χ0v) is 19.8. The van der Waals surface area contributed by atoms with Gasteiger partial charge in [0.1, 0.15) is 11.1 Å². The summed E-state index contributed by atoms with van der Waals surface area (Å²) in [7, 11) is -3.77. The van der Waals surface area contributed by atoms with E-state index >= 15 is 0 Å². The van der Waals surface area contributed by atoms with Gasteiger partial charge in [0.05, 0.1) is 16.9 Å². The molecule has 0 saturated carbocycles. The first kappa shape index (κ1) is 23.1. The van der Waals surface area contributed by atoms with Crippen LogP contribution in [-0.2, 0) is 40.7 Å². The number of benzene rings is 2. The highest BCUT2D eigenvalue weighted by Crippen LogP contribution is 2.37. The molecule has 0 spiro atoms. The summed E-state index contributed by atoms with van der Waals surface area (Å²) in [6.07, 6.45) is 0.837. The number of nitrogens with one attached hydrogen (secondary N) is 1. The third-order valence-electron chi connectivity index (χ3n) is 5.77. The van der Waals surface area contributed by atoms with E-state index in [2.05, 4.69) is 35.3 Å². The van der Waals surface area contributed by atoms with E-state index in [0.717, 1.165) is 36.5 Å². The van der Waals surface area contributed by atoms with E-state index in [1.807, 2.05) is 12.1 Å².